The predicted molar refractivity (Wildman–Crippen MR) is 133 cm³/mol. The zero-order valence-corrected chi connectivity index (χ0v) is 20.8. The van der Waals surface area contributed by atoms with E-state index in [1.54, 1.807) is 25.0 Å². The van der Waals surface area contributed by atoms with E-state index in [-0.39, 0.29) is 49.3 Å². The Balaban J connectivity index is -0.000000563. The summed E-state index contributed by atoms with van der Waals surface area (Å²) in [5.74, 6) is 1.08. The maximum Gasteiger partial charge on any atom is 2.00 e. The van der Waals surface area contributed by atoms with Gasteiger partial charge in [0, 0.05) is 47.8 Å². The first-order valence-electron chi connectivity index (χ1n) is 9.42. The summed E-state index contributed by atoms with van der Waals surface area (Å²) in [6, 6.07) is 15.6. The maximum absolute atomic E-state index is 3.99. The summed E-state index contributed by atoms with van der Waals surface area (Å²) in [4.78, 5) is 7.98. The Morgan fingerprint density at radius 3 is 1.13 bits per heavy atom. The Morgan fingerprint density at radius 1 is 0.513 bits per heavy atom. The van der Waals surface area contributed by atoms with Gasteiger partial charge in [-0.15, -0.1) is 0 Å². The molecule has 0 aliphatic carbocycles. The molecule has 6 aromatic rings. The second-order valence-corrected chi connectivity index (χ2v) is 6.44. The van der Waals surface area contributed by atoms with Crippen molar-refractivity contribution >= 4 is 0 Å². The summed E-state index contributed by atoms with van der Waals surface area (Å²) < 4.78 is 3.85. The van der Waals surface area contributed by atoms with Gasteiger partial charge in [-0.2, -0.15) is 10.4 Å². The summed E-state index contributed by atoms with van der Waals surface area (Å²) in [5, 5.41) is 28.9. The molecule has 0 radical (unpaired) electrons. The third kappa shape index (κ3) is 9.25. The minimum Gasteiger partial charge on any atom is -0.412 e. The molecule has 0 aliphatic heterocycles. The smallest absolute Gasteiger partial charge is 0.412 e. The van der Waals surface area contributed by atoms with Crippen molar-refractivity contribution in [2.45, 2.75) is 0 Å². The van der Waals surface area contributed by atoms with Crippen LogP contribution in [0.4, 0.5) is 0 Å². The molecule has 212 valence electrons. The average molecular weight is 589 g/mol. The van der Waals surface area contributed by atoms with Gasteiger partial charge in [0.05, 0.1) is 12.7 Å². The van der Waals surface area contributed by atoms with E-state index >= 15 is 0 Å². The van der Waals surface area contributed by atoms with Gasteiger partial charge >= 0.3 is 16.5 Å². The molecule has 19 heteroatoms. The molecule has 0 bridgehead atoms. The Bertz CT molecular complexity index is 1140. The summed E-state index contributed by atoms with van der Waals surface area (Å²) in [6.07, 6.45) is 10.7. The molecule has 39 heavy (non-hydrogen) atoms. The summed E-state index contributed by atoms with van der Waals surface area (Å²) in [5.41, 5.74) is 3.87. The maximum atomic E-state index is 3.99. The average Bonchev–Trinajstić information content (AvgIpc) is 3.69. The second kappa shape index (κ2) is 18.5. The molecule has 12 N–H and O–H groups in total. The number of nitrogens with zero attached hydrogens (tertiary/aromatic N) is 12. The van der Waals surface area contributed by atoms with Crippen molar-refractivity contribution in [3.8, 4) is 34.2 Å². The molecule has 0 saturated carbocycles. The van der Waals surface area contributed by atoms with Crippen LogP contribution >= 0.6 is 0 Å². The molecule has 0 atom stereocenters. The molecule has 0 spiro atoms. The van der Waals surface area contributed by atoms with E-state index in [2.05, 4.69) is 51.2 Å². The zero-order valence-electron chi connectivity index (χ0n) is 19.8. The first-order chi connectivity index (χ1) is 15.9. The first-order valence-corrected chi connectivity index (χ1v) is 9.42. The normalized spacial score (nSPS) is 8.62. The Kier molecular flexibility index (Phi) is 18.4. The van der Waals surface area contributed by atoms with Crippen LogP contribution in [0, 0.1) is 0 Å². The predicted octanol–water partition coefficient (Wildman–Crippen LogP) is -3.59. The largest absolute Gasteiger partial charge is 2.00 e. The van der Waals surface area contributed by atoms with Crippen molar-refractivity contribution in [2.75, 3.05) is 0 Å². The summed E-state index contributed by atoms with van der Waals surface area (Å²) >= 11 is 0. The van der Waals surface area contributed by atoms with E-state index in [4.69, 9.17) is 0 Å². The van der Waals surface area contributed by atoms with Crippen LogP contribution in [0.25, 0.3) is 34.2 Å². The van der Waals surface area contributed by atoms with E-state index in [1.807, 2.05) is 70.1 Å². The standard InChI is InChI=1S/2C10H7N6.Ni.6H2O/c2*1-3-9(16-6-5-11-7-16)4-2-8(1)10-12-14-15-13-10;;;;;;;/h2*1-7H;;6*1H2/q2*-1;+2;;;;;;. The van der Waals surface area contributed by atoms with Crippen LogP contribution in [0.3, 0.4) is 0 Å². The van der Waals surface area contributed by atoms with E-state index in [0.717, 1.165) is 22.5 Å². The summed E-state index contributed by atoms with van der Waals surface area (Å²) in [7, 11) is 0. The molecular weight excluding hydrogens is 563 g/mol. The van der Waals surface area contributed by atoms with Crippen LogP contribution in [0.15, 0.2) is 86.0 Å². The molecule has 18 nitrogen and oxygen atoms in total. The molecule has 0 unspecified atom stereocenters. The van der Waals surface area contributed by atoms with Crippen molar-refractivity contribution in [3.05, 3.63) is 86.0 Å². The number of aromatic nitrogens is 12. The van der Waals surface area contributed by atoms with Crippen molar-refractivity contribution < 1.29 is 49.3 Å². The van der Waals surface area contributed by atoms with Gasteiger partial charge < -0.3 is 52.2 Å². The van der Waals surface area contributed by atoms with Gasteiger partial charge in [0.2, 0.25) is 0 Å². The zero-order chi connectivity index (χ0) is 21.6. The van der Waals surface area contributed by atoms with Gasteiger partial charge in [-0.3, -0.25) is 20.6 Å². The number of hydrogen-bond acceptors (Lipinski definition) is 8. The molecule has 2 aromatic carbocycles. The van der Waals surface area contributed by atoms with E-state index in [9.17, 15) is 0 Å². The van der Waals surface area contributed by atoms with Crippen LogP contribution in [-0.4, -0.2) is 83.0 Å². The second-order valence-electron chi connectivity index (χ2n) is 6.44. The number of tetrazole rings is 2. The van der Waals surface area contributed by atoms with Gasteiger partial charge in [-0.1, -0.05) is 24.3 Å². The van der Waals surface area contributed by atoms with Crippen LogP contribution in [-0.2, 0) is 16.5 Å². The quantitative estimate of drug-likeness (QED) is 0.182. The fourth-order valence-corrected chi connectivity index (χ4v) is 2.91. The van der Waals surface area contributed by atoms with Gasteiger partial charge in [0.15, 0.2) is 0 Å². The monoisotopic (exact) mass is 588 g/mol. The topological polar surface area (TPSA) is 330 Å². The van der Waals surface area contributed by atoms with Crippen molar-refractivity contribution in [1.29, 1.82) is 0 Å². The molecule has 0 saturated heterocycles. The van der Waals surface area contributed by atoms with Gasteiger partial charge in [0.1, 0.15) is 0 Å². The molecule has 4 heterocycles. The van der Waals surface area contributed by atoms with Gasteiger partial charge in [-0.05, 0) is 35.4 Å². The Hall–Kier alpha value is -4.75. The SMILES string of the molecule is O.O.O.O.O.O.[Ni+2].c1cn(-c2ccc(-c3nnn[n-]3)cc2)cn1.c1cn(-c2ccc(-c3nnn[n-]3)cc2)cn1. The fourth-order valence-electron chi connectivity index (χ4n) is 2.91. The summed E-state index contributed by atoms with van der Waals surface area (Å²) in [6.45, 7) is 0. The number of benzene rings is 2. The van der Waals surface area contributed by atoms with Gasteiger partial charge in [-0.25, -0.2) is 9.97 Å². The minimum absolute atomic E-state index is 0. The van der Waals surface area contributed by atoms with Gasteiger partial charge in [0.25, 0.3) is 0 Å². The number of rotatable bonds is 4. The van der Waals surface area contributed by atoms with E-state index in [1.165, 1.54) is 0 Å². The molecule has 4 aromatic heterocycles. The van der Waals surface area contributed by atoms with E-state index < -0.39 is 0 Å². The number of hydrogen-bond donors (Lipinski definition) is 0. The Morgan fingerprint density at radius 2 is 0.872 bits per heavy atom. The van der Waals surface area contributed by atoms with Crippen molar-refractivity contribution in [2.24, 2.45) is 0 Å². The fraction of sp³-hybridized carbons (Fsp3) is 0. The Labute approximate surface area is 229 Å². The van der Waals surface area contributed by atoms with Crippen LogP contribution in [0.5, 0.6) is 0 Å². The van der Waals surface area contributed by atoms with Crippen LogP contribution in [0.1, 0.15) is 0 Å². The third-order valence-corrected chi connectivity index (χ3v) is 4.49. The number of imidazole rings is 2. The molecular formula is C20H26N12NiO6. The molecule has 0 aliphatic rings. The minimum atomic E-state index is 0. The first kappa shape index (κ1) is 38.8. The van der Waals surface area contributed by atoms with Crippen molar-refractivity contribution in [3.63, 3.8) is 0 Å². The van der Waals surface area contributed by atoms with Crippen molar-refractivity contribution in [1.82, 2.24) is 60.4 Å². The molecule has 0 amide bonds. The molecule has 6 rings (SSSR count). The van der Waals surface area contributed by atoms with Crippen LogP contribution in [0.2, 0.25) is 0 Å². The molecule has 0 fully saturated rings. The third-order valence-electron chi connectivity index (χ3n) is 4.49. The van der Waals surface area contributed by atoms with Crippen LogP contribution < -0.4 is 10.2 Å². The van der Waals surface area contributed by atoms with E-state index in [0.29, 0.717) is 11.6 Å².